The molecule has 6 heteroatoms. The van der Waals surface area contributed by atoms with Crippen LogP contribution >= 0.6 is 0 Å². The highest BCUT2D eigenvalue weighted by Crippen LogP contribution is 2.25. The summed E-state index contributed by atoms with van der Waals surface area (Å²) in [4.78, 5) is 19.0. The molecule has 0 bridgehead atoms. The number of pyridine rings is 1. The van der Waals surface area contributed by atoms with Gasteiger partial charge < -0.3 is 15.0 Å². The van der Waals surface area contributed by atoms with Crippen molar-refractivity contribution >= 4 is 28.3 Å². The van der Waals surface area contributed by atoms with E-state index in [0.717, 1.165) is 24.5 Å². The number of halogens is 1. The lowest BCUT2D eigenvalue weighted by Crippen LogP contribution is -2.36. The zero-order valence-electron chi connectivity index (χ0n) is 15.0. The monoisotopic (exact) mass is 365 g/mol. The van der Waals surface area contributed by atoms with Crippen molar-refractivity contribution in [1.82, 2.24) is 4.98 Å². The van der Waals surface area contributed by atoms with E-state index in [1.165, 1.54) is 6.07 Å². The second kappa shape index (κ2) is 7.32. The van der Waals surface area contributed by atoms with Gasteiger partial charge in [-0.05, 0) is 42.8 Å². The number of rotatable bonds is 3. The van der Waals surface area contributed by atoms with Crippen molar-refractivity contribution in [3.05, 3.63) is 65.5 Å². The van der Waals surface area contributed by atoms with Gasteiger partial charge in [-0.3, -0.25) is 4.79 Å². The number of hydrogen-bond donors (Lipinski definition) is 1. The number of anilines is 2. The van der Waals surface area contributed by atoms with Crippen LogP contribution in [0.25, 0.3) is 10.9 Å². The lowest BCUT2D eigenvalue weighted by molar-refractivity contribution is 0.102. The van der Waals surface area contributed by atoms with Crippen molar-refractivity contribution in [1.29, 1.82) is 0 Å². The van der Waals surface area contributed by atoms with Gasteiger partial charge in [0.15, 0.2) is 5.82 Å². The number of aromatic nitrogens is 1. The molecule has 1 N–H and O–H groups in total. The fourth-order valence-corrected chi connectivity index (χ4v) is 3.25. The Balaban J connectivity index is 1.62. The molecule has 138 valence electrons. The summed E-state index contributed by atoms with van der Waals surface area (Å²) in [6, 6.07) is 14.1. The van der Waals surface area contributed by atoms with Crippen molar-refractivity contribution in [2.45, 2.75) is 6.92 Å². The van der Waals surface area contributed by atoms with E-state index in [0.29, 0.717) is 35.4 Å². The Bertz CT molecular complexity index is 1000. The summed E-state index contributed by atoms with van der Waals surface area (Å²) >= 11 is 0. The van der Waals surface area contributed by atoms with Crippen LogP contribution in [-0.4, -0.2) is 37.2 Å². The van der Waals surface area contributed by atoms with Crippen LogP contribution in [0.2, 0.25) is 0 Å². The summed E-state index contributed by atoms with van der Waals surface area (Å²) in [5, 5.41) is 3.42. The molecule has 1 saturated heterocycles. The quantitative estimate of drug-likeness (QED) is 0.768. The maximum absolute atomic E-state index is 14.7. The Hall–Kier alpha value is -2.99. The minimum Gasteiger partial charge on any atom is -0.378 e. The van der Waals surface area contributed by atoms with E-state index < -0.39 is 5.82 Å². The lowest BCUT2D eigenvalue weighted by atomic mass is 10.1. The number of amides is 1. The molecule has 1 aliphatic rings. The van der Waals surface area contributed by atoms with Crippen LogP contribution in [0.15, 0.2) is 48.5 Å². The van der Waals surface area contributed by atoms with Crippen LogP contribution < -0.4 is 10.2 Å². The third-order valence-electron chi connectivity index (χ3n) is 4.71. The van der Waals surface area contributed by atoms with Crippen LogP contribution in [0.3, 0.4) is 0 Å². The maximum atomic E-state index is 14.7. The van der Waals surface area contributed by atoms with E-state index in [-0.39, 0.29) is 5.91 Å². The molecule has 0 atom stereocenters. The second-order valence-electron chi connectivity index (χ2n) is 6.57. The molecule has 1 aliphatic heterocycles. The maximum Gasteiger partial charge on any atom is 0.255 e. The number of aryl methyl sites for hydroxylation is 1. The SMILES string of the molecule is Cc1ccccc1C(=O)Nc1cc(F)c2nc(N3CCOCC3)ccc2c1. The highest BCUT2D eigenvalue weighted by Gasteiger charge is 2.15. The summed E-state index contributed by atoms with van der Waals surface area (Å²) in [6.07, 6.45) is 0. The van der Waals surface area contributed by atoms with Crippen molar-refractivity contribution in [2.24, 2.45) is 0 Å². The molecule has 1 aromatic heterocycles. The Morgan fingerprint density at radius 1 is 1.15 bits per heavy atom. The molecule has 0 radical (unpaired) electrons. The first-order chi connectivity index (χ1) is 13.1. The zero-order valence-corrected chi connectivity index (χ0v) is 15.0. The second-order valence-corrected chi connectivity index (χ2v) is 6.57. The van der Waals surface area contributed by atoms with E-state index in [1.807, 2.05) is 31.2 Å². The van der Waals surface area contributed by atoms with Crippen molar-refractivity contribution in [3.8, 4) is 0 Å². The largest absolute Gasteiger partial charge is 0.378 e. The number of fused-ring (bicyclic) bond motifs is 1. The average Bonchev–Trinajstić information content (AvgIpc) is 2.69. The number of carbonyl (C=O) groups excluding carboxylic acids is 1. The summed E-state index contributed by atoms with van der Waals surface area (Å²) in [5.74, 6) is 0.0221. The minimum atomic E-state index is -0.456. The van der Waals surface area contributed by atoms with Gasteiger partial charge in [0, 0.05) is 29.7 Å². The molecular weight excluding hydrogens is 345 g/mol. The van der Waals surface area contributed by atoms with E-state index in [2.05, 4.69) is 15.2 Å². The third kappa shape index (κ3) is 3.61. The first kappa shape index (κ1) is 17.4. The van der Waals surface area contributed by atoms with Gasteiger partial charge in [-0.1, -0.05) is 18.2 Å². The van der Waals surface area contributed by atoms with E-state index in [4.69, 9.17) is 4.74 Å². The molecule has 3 aromatic rings. The molecule has 1 amide bonds. The van der Waals surface area contributed by atoms with E-state index in [9.17, 15) is 9.18 Å². The number of benzene rings is 2. The molecule has 0 saturated carbocycles. The Kier molecular flexibility index (Phi) is 4.73. The van der Waals surface area contributed by atoms with Crippen molar-refractivity contribution in [2.75, 3.05) is 36.5 Å². The number of nitrogens with zero attached hydrogens (tertiary/aromatic N) is 2. The van der Waals surface area contributed by atoms with Crippen LogP contribution in [-0.2, 0) is 4.74 Å². The topological polar surface area (TPSA) is 54.5 Å². The number of ether oxygens (including phenoxy) is 1. The summed E-state index contributed by atoms with van der Waals surface area (Å²) < 4.78 is 20.0. The average molecular weight is 365 g/mol. The molecule has 2 heterocycles. The molecule has 27 heavy (non-hydrogen) atoms. The van der Waals surface area contributed by atoms with Gasteiger partial charge in [-0.2, -0.15) is 0 Å². The normalized spacial score (nSPS) is 14.4. The Morgan fingerprint density at radius 3 is 2.70 bits per heavy atom. The molecule has 5 nitrogen and oxygen atoms in total. The van der Waals surface area contributed by atoms with Crippen molar-refractivity contribution < 1.29 is 13.9 Å². The number of carbonyl (C=O) groups is 1. The van der Waals surface area contributed by atoms with E-state index in [1.54, 1.807) is 18.2 Å². The van der Waals surface area contributed by atoms with Crippen LogP contribution in [0.4, 0.5) is 15.9 Å². The van der Waals surface area contributed by atoms with Crippen LogP contribution in [0.5, 0.6) is 0 Å². The van der Waals surface area contributed by atoms with Gasteiger partial charge in [-0.15, -0.1) is 0 Å². The van der Waals surface area contributed by atoms with Gasteiger partial charge in [-0.25, -0.2) is 9.37 Å². The standard InChI is InChI=1S/C21H20FN3O2/c1-14-4-2-3-5-17(14)21(26)23-16-12-15-6-7-19(24-20(15)18(22)13-16)25-8-10-27-11-9-25/h2-7,12-13H,8-11H2,1H3,(H,23,26). The fraction of sp³-hybridized carbons (Fsp3) is 0.238. The van der Waals surface area contributed by atoms with Gasteiger partial charge in [0.1, 0.15) is 11.3 Å². The number of nitrogens with one attached hydrogen (secondary N) is 1. The van der Waals surface area contributed by atoms with Gasteiger partial charge in [0.2, 0.25) is 0 Å². The number of morpholine rings is 1. The van der Waals surface area contributed by atoms with Gasteiger partial charge in [0.05, 0.1) is 13.2 Å². The Labute approximate surface area is 156 Å². The zero-order chi connectivity index (χ0) is 18.8. The molecule has 1 fully saturated rings. The molecular formula is C21H20FN3O2. The molecule has 2 aromatic carbocycles. The first-order valence-corrected chi connectivity index (χ1v) is 8.92. The fourth-order valence-electron chi connectivity index (χ4n) is 3.25. The molecule has 4 rings (SSSR count). The number of hydrogen-bond acceptors (Lipinski definition) is 4. The van der Waals surface area contributed by atoms with E-state index >= 15 is 0 Å². The highest BCUT2D eigenvalue weighted by molar-refractivity contribution is 6.06. The molecule has 0 aliphatic carbocycles. The smallest absolute Gasteiger partial charge is 0.255 e. The minimum absolute atomic E-state index is 0.259. The van der Waals surface area contributed by atoms with Gasteiger partial charge in [0.25, 0.3) is 5.91 Å². The summed E-state index contributed by atoms with van der Waals surface area (Å²) in [6.45, 7) is 4.64. The molecule has 0 spiro atoms. The lowest BCUT2D eigenvalue weighted by Gasteiger charge is -2.28. The van der Waals surface area contributed by atoms with Crippen LogP contribution in [0.1, 0.15) is 15.9 Å². The summed E-state index contributed by atoms with van der Waals surface area (Å²) in [5.41, 5.74) is 2.15. The predicted octanol–water partition coefficient (Wildman–Crippen LogP) is 3.77. The predicted molar refractivity (Wildman–Crippen MR) is 104 cm³/mol. The van der Waals surface area contributed by atoms with Crippen molar-refractivity contribution in [3.63, 3.8) is 0 Å². The Morgan fingerprint density at radius 2 is 1.93 bits per heavy atom. The van der Waals surface area contributed by atoms with Gasteiger partial charge >= 0.3 is 0 Å². The highest BCUT2D eigenvalue weighted by atomic mass is 19.1. The molecule has 0 unspecified atom stereocenters. The summed E-state index contributed by atoms with van der Waals surface area (Å²) in [7, 11) is 0. The third-order valence-corrected chi connectivity index (χ3v) is 4.71. The first-order valence-electron chi connectivity index (χ1n) is 8.92. The van der Waals surface area contributed by atoms with Crippen LogP contribution in [0, 0.1) is 12.7 Å².